The summed E-state index contributed by atoms with van der Waals surface area (Å²) in [5.74, 6) is -2.92. The number of alkyl halides is 2. The van der Waals surface area contributed by atoms with Gasteiger partial charge in [0.1, 0.15) is 0 Å². The van der Waals surface area contributed by atoms with E-state index in [0.717, 1.165) is 6.54 Å². The van der Waals surface area contributed by atoms with Crippen molar-refractivity contribution >= 4 is 0 Å². The minimum Gasteiger partial charge on any atom is -0.311 e. The van der Waals surface area contributed by atoms with Crippen LogP contribution in [0, 0.1) is 5.92 Å². The molecule has 1 atom stereocenters. The molecule has 3 heteroatoms. The van der Waals surface area contributed by atoms with Gasteiger partial charge in [-0.25, -0.2) is 8.78 Å². The normalized spacial score (nSPS) is 34.3. The van der Waals surface area contributed by atoms with Crippen LogP contribution in [-0.4, -0.2) is 19.0 Å². The van der Waals surface area contributed by atoms with Crippen molar-refractivity contribution in [3.05, 3.63) is 0 Å². The van der Waals surface area contributed by atoms with Crippen LogP contribution >= 0.6 is 0 Å². The zero-order chi connectivity index (χ0) is 6.91. The Hall–Kier alpha value is -0.180. The SMILES string of the molecule is CC1CCNCC1(F)F. The molecule has 1 N–H and O–H groups in total. The highest BCUT2D eigenvalue weighted by atomic mass is 19.3. The van der Waals surface area contributed by atoms with Crippen LogP contribution in [0.4, 0.5) is 8.78 Å². The molecule has 0 aromatic carbocycles. The minimum absolute atomic E-state index is 0.145. The molecule has 1 unspecified atom stereocenters. The second-order valence-electron chi connectivity index (χ2n) is 2.63. The zero-order valence-corrected chi connectivity index (χ0v) is 5.45. The molecule has 0 spiro atoms. The highest BCUT2D eigenvalue weighted by Crippen LogP contribution is 2.28. The fraction of sp³-hybridized carbons (Fsp3) is 1.00. The highest BCUT2D eigenvalue weighted by molar-refractivity contribution is 4.81. The number of nitrogens with one attached hydrogen (secondary N) is 1. The number of piperidine rings is 1. The van der Waals surface area contributed by atoms with Gasteiger partial charge in [0.05, 0.1) is 6.54 Å². The summed E-state index contributed by atoms with van der Waals surface area (Å²) < 4.78 is 25.1. The van der Waals surface area contributed by atoms with E-state index in [1.807, 2.05) is 0 Å². The largest absolute Gasteiger partial charge is 0.311 e. The molecule has 0 radical (unpaired) electrons. The fourth-order valence-corrected chi connectivity index (χ4v) is 0.959. The predicted molar refractivity (Wildman–Crippen MR) is 31.6 cm³/mol. The molecule has 1 heterocycles. The van der Waals surface area contributed by atoms with Crippen molar-refractivity contribution in [1.82, 2.24) is 5.32 Å². The van der Waals surface area contributed by atoms with E-state index in [4.69, 9.17) is 0 Å². The van der Waals surface area contributed by atoms with Crippen molar-refractivity contribution in [1.29, 1.82) is 0 Å². The van der Waals surface area contributed by atoms with Crippen molar-refractivity contribution in [3.8, 4) is 0 Å². The first-order chi connectivity index (χ1) is 4.13. The molecule has 1 saturated heterocycles. The molecule has 0 aromatic rings. The Labute approximate surface area is 53.4 Å². The summed E-state index contributed by atoms with van der Waals surface area (Å²) in [4.78, 5) is 0. The average molecular weight is 135 g/mol. The van der Waals surface area contributed by atoms with Crippen LogP contribution in [0.5, 0.6) is 0 Å². The third-order valence-corrected chi connectivity index (χ3v) is 1.84. The average Bonchev–Trinajstić information content (AvgIpc) is 1.77. The first-order valence-corrected chi connectivity index (χ1v) is 3.21. The van der Waals surface area contributed by atoms with Crippen LogP contribution < -0.4 is 5.32 Å². The third kappa shape index (κ3) is 1.39. The summed E-state index contributed by atoms with van der Waals surface area (Å²) in [6.07, 6.45) is 0.590. The monoisotopic (exact) mass is 135 g/mol. The lowest BCUT2D eigenvalue weighted by Gasteiger charge is -2.28. The maximum Gasteiger partial charge on any atom is 0.262 e. The summed E-state index contributed by atoms with van der Waals surface area (Å²) in [6, 6.07) is 0. The van der Waals surface area contributed by atoms with Crippen molar-refractivity contribution in [2.75, 3.05) is 13.1 Å². The van der Waals surface area contributed by atoms with Crippen LogP contribution in [0.15, 0.2) is 0 Å². The summed E-state index contributed by atoms with van der Waals surface area (Å²) in [6.45, 7) is 2.19. The smallest absolute Gasteiger partial charge is 0.262 e. The first kappa shape index (κ1) is 6.93. The molecule has 1 aliphatic heterocycles. The molecule has 54 valence electrons. The Kier molecular flexibility index (Phi) is 1.70. The van der Waals surface area contributed by atoms with Crippen LogP contribution in [0.1, 0.15) is 13.3 Å². The van der Waals surface area contributed by atoms with E-state index >= 15 is 0 Å². The number of rotatable bonds is 0. The molecule has 0 aliphatic carbocycles. The van der Waals surface area contributed by atoms with Gasteiger partial charge in [-0.3, -0.25) is 0 Å². The first-order valence-electron chi connectivity index (χ1n) is 3.21. The maximum atomic E-state index is 12.5. The molecule has 1 rings (SSSR count). The number of hydrogen-bond donors (Lipinski definition) is 1. The second kappa shape index (κ2) is 2.21. The van der Waals surface area contributed by atoms with E-state index in [2.05, 4.69) is 5.32 Å². The lowest BCUT2D eigenvalue weighted by Crippen LogP contribution is -2.44. The maximum absolute atomic E-state index is 12.5. The molecule has 1 fully saturated rings. The third-order valence-electron chi connectivity index (χ3n) is 1.84. The summed E-state index contributed by atoms with van der Waals surface area (Å²) >= 11 is 0. The minimum atomic E-state index is -2.47. The highest BCUT2D eigenvalue weighted by Gasteiger charge is 2.37. The van der Waals surface area contributed by atoms with Gasteiger partial charge in [-0.05, 0) is 13.0 Å². The Balaban J connectivity index is 2.49. The molecule has 0 saturated carbocycles. The Morgan fingerprint density at radius 2 is 2.22 bits per heavy atom. The second-order valence-corrected chi connectivity index (χ2v) is 2.63. The Morgan fingerprint density at radius 3 is 2.56 bits per heavy atom. The molecular formula is C6H11F2N. The van der Waals surface area contributed by atoms with E-state index < -0.39 is 11.8 Å². The molecule has 0 bridgehead atoms. The van der Waals surface area contributed by atoms with Gasteiger partial charge in [-0.2, -0.15) is 0 Å². The van der Waals surface area contributed by atoms with Crippen molar-refractivity contribution < 1.29 is 8.78 Å². The van der Waals surface area contributed by atoms with Crippen molar-refractivity contribution in [2.24, 2.45) is 5.92 Å². The Bertz CT molecular complexity index is 103. The van der Waals surface area contributed by atoms with Gasteiger partial charge in [-0.1, -0.05) is 6.92 Å². The summed E-state index contributed by atoms with van der Waals surface area (Å²) in [5, 5.41) is 2.66. The van der Waals surface area contributed by atoms with Crippen LogP contribution in [0.25, 0.3) is 0 Å². The van der Waals surface area contributed by atoms with Crippen molar-refractivity contribution in [3.63, 3.8) is 0 Å². The van der Waals surface area contributed by atoms with Gasteiger partial charge in [0, 0.05) is 5.92 Å². The molecule has 0 amide bonds. The standard InChI is InChI=1S/C6H11F2N/c1-5-2-3-9-4-6(5,7)8/h5,9H,2-4H2,1H3. The van der Waals surface area contributed by atoms with E-state index in [-0.39, 0.29) is 6.54 Å². The van der Waals surface area contributed by atoms with Gasteiger partial charge < -0.3 is 5.32 Å². The van der Waals surface area contributed by atoms with Crippen LogP contribution in [-0.2, 0) is 0 Å². The van der Waals surface area contributed by atoms with Crippen LogP contribution in [0.2, 0.25) is 0 Å². The van der Waals surface area contributed by atoms with Gasteiger partial charge in [0.25, 0.3) is 5.92 Å². The van der Waals surface area contributed by atoms with Crippen LogP contribution in [0.3, 0.4) is 0 Å². The van der Waals surface area contributed by atoms with Gasteiger partial charge in [0.15, 0.2) is 0 Å². The predicted octanol–water partition coefficient (Wildman–Crippen LogP) is 1.25. The van der Waals surface area contributed by atoms with Crippen molar-refractivity contribution in [2.45, 2.75) is 19.3 Å². The van der Waals surface area contributed by atoms with Gasteiger partial charge >= 0.3 is 0 Å². The van der Waals surface area contributed by atoms with E-state index in [1.165, 1.54) is 0 Å². The zero-order valence-electron chi connectivity index (χ0n) is 5.45. The van der Waals surface area contributed by atoms with E-state index in [1.54, 1.807) is 6.92 Å². The Morgan fingerprint density at radius 1 is 1.56 bits per heavy atom. The quantitative estimate of drug-likeness (QED) is 0.527. The lowest BCUT2D eigenvalue weighted by atomic mass is 9.97. The molecule has 0 aromatic heterocycles. The van der Waals surface area contributed by atoms with Gasteiger partial charge in [-0.15, -0.1) is 0 Å². The van der Waals surface area contributed by atoms with E-state index in [9.17, 15) is 8.78 Å². The summed E-state index contributed by atoms with van der Waals surface area (Å²) in [7, 11) is 0. The lowest BCUT2D eigenvalue weighted by molar-refractivity contribution is -0.0658. The molecule has 1 nitrogen and oxygen atoms in total. The molecule has 9 heavy (non-hydrogen) atoms. The molecular weight excluding hydrogens is 124 g/mol. The fourth-order valence-electron chi connectivity index (χ4n) is 0.959. The number of halogens is 2. The topological polar surface area (TPSA) is 12.0 Å². The van der Waals surface area contributed by atoms with E-state index in [0.29, 0.717) is 6.42 Å². The van der Waals surface area contributed by atoms with Gasteiger partial charge in [0.2, 0.25) is 0 Å². The summed E-state index contributed by atoms with van der Waals surface area (Å²) in [5.41, 5.74) is 0. The number of hydrogen-bond acceptors (Lipinski definition) is 1. The molecule has 1 aliphatic rings.